The second-order valence-corrected chi connectivity index (χ2v) is 3.63. The summed E-state index contributed by atoms with van der Waals surface area (Å²) in [5.41, 5.74) is 0.705. The van der Waals surface area contributed by atoms with Crippen molar-refractivity contribution in [3.8, 4) is 0 Å². The minimum absolute atomic E-state index is 0.501. The smallest absolute Gasteiger partial charge is 0.126 e. The zero-order valence-corrected chi connectivity index (χ0v) is 9.02. The Kier molecular flexibility index (Phi) is 5.26. The van der Waals surface area contributed by atoms with Crippen molar-refractivity contribution in [2.45, 2.75) is 26.2 Å². The van der Waals surface area contributed by atoms with Gasteiger partial charge in [0.15, 0.2) is 0 Å². The molecule has 0 aromatic heterocycles. The zero-order chi connectivity index (χ0) is 11.1. The lowest BCUT2D eigenvalue weighted by Gasteiger charge is -2.04. The molecule has 0 saturated heterocycles. The molecule has 1 rings (SSSR count). The van der Waals surface area contributed by atoms with Gasteiger partial charge in [-0.05, 0) is 43.6 Å². The van der Waals surface area contributed by atoms with Gasteiger partial charge in [-0.3, -0.25) is 0 Å². The fraction of sp³-hybridized carbons (Fsp3) is 0.500. The molecule has 0 unspecified atom stereocenters. The molecule has 0 bridgehead atoms. The topological polar surface area (TPSA) is 12.0 Å². The van der Waals surface area contributed by atoms with E-state index in [9.17, 15) is 8.78 Å². The van der Waals surface area contributed by atoms with Gasteiger partial charge in [0.2, 0.25) is 0 Å². The third-order valence-electron chi connectivity index (χ3n) is 2.22. The number of halogens is 2. The van der Waals surface area contributed by atoms with E-state index in [1.165, 1.54) is 12.1 Å². The Bertz CT molecular complexity index is 279. The van der Waals surface area contributed by atoms with Gasteiger partial charge in [-0.25, -0.2) is 8.78 Å². The Balaban J connectivity index is 2.31. The molecule has 84 valence electrons. The molecule has 0 saturated carbocycles. The molecule has 0 heterocycles. The Labute approximate surface area is 89.5 Å². The standard InChI is InChI=1S/C12H17F2N/c1-2-3-5-15-6-4-10-7-11(13)9-12(14)8-10/h7-9,15H,2-6H2,1H3. The molecule has 0 radical (unpaired) electrons. The van der Waals surface area contributed by atoms with E-state index in [2.05, 4.69) is 12.2 Å². The highest BCUT2D eigenvalue weighted by Crippen LogP contribution is 2.07. The second-order valence-electron chi connectivity index (χ2n) is 3.63. The lowest BCUT2D eigenvalue weighted by molar-refractivity contribution is 0.576. The molecule has 0 fully saturated rings. The van der Waals surface area contributed by atoms with Crippen LogP contribution in [-0.4, -0.2) is 13.1 Å². The van der Waals surface area contributed by atoms with Gasteiger partial charge < -0.3 is 5.32 Å². The molecule has 0 aliphatic rings. The average molecular weight is 213 g/mol. The van der Waals surface area contributed by atoms with Crippen molar-refractivity contribution in [2.75, 3.05) is 13.1 Å². The van der Waals surface area contributed by atoms with Crippen LogP contribution in [0.3, 0.4) is 0 Å². The van der Waals surface area contributed by atoms with Gasteiger partial charge >= 0.3 is 0 Å². The van der Waals surface area contributed by atoms with Crippen molar-refractivity contribution >= 4 is 0 Å². The van der Waals surface area contributed by atoms with Crippen LogP contribution in [0.15, 0.2) is 18.2 Å². The van der Waals surface area contributed by atoms with Gasteiger partial charge in [-0.1, -0.05) is 13.3 Å². The SMILES string of the molecule is CCCCNCCc1cc(F)cc(F)c1. The first-order valence-electron chi connectivity index (χ1n) is 5.38. The van der Waals surface area contributed by atoms with E-state index in [1.807, 2.05) is 0 Å². The predicted molar refractivity (Wildman–Crippen MR) is 57.8 cm³/mol. The lowest BCUT2D eigenvalue weighted by Crippen LogP contribution is -2.18. The molecular formula is C12H17F2N. The molecule has 0 atom stereocenters. The molecule has 1 N–H and O–H groups in total. The Morgan fingerprint density at radius 2 is 1.73 bits per heavy atom. The predicted octanol–water partition coefficient (Wildman–Crippen LogP) is 2.90. The maximum absolute atomic E-state index is 12.8. The maximum atomic E-state index is 12.8. The fourth-order valence-corrected chi connectivity index (χ4v) is 1.41. The van der Waals surface area contributed by atoms with Gasteiger partial charge in [-0.15, -0.1) is 0 Å². The van der Waals surface area contributed by atoms with E-state index in [4.69, 9.17) is 0 Å². The Hall–Kier alpha value is -0.960. The third kappa shape index (κ3) is 4.88. The van der Waals surface area contributed by atoms with Crippen LogP contribution < -0.4 is 5.32 Å². The van der Waals surface area contributed by atoms with E-state index in [0.29, 0.717) is 12.0 Å². The molecule has 15 heavy (non-hydrogen) atoms. The Morgan fingerprint density at radius 1 is 1.07 bits per heavy atom. The summed E-state index contributed by atoms with van der Waals surface area (Å²) in [5, 5.41) is 3.23. The number of hydrogen-bond acceptors (Lipinski definition) is 1. The van der Waals surface area contributed by atoms with Gasteiger partial charge in [0.1, 0.15) is 11.6 Å². The molecule has 1 aromatic rings. The van der Waals surface area contributed by atoms with Crippen molar-refractivity contribution in [2.24, 2.45) is 0 Å². The van der Waals surface area contributed by atoms with Crippen LogP contribution in [0.1, 0.15) is 25.3 Å². The van der Waals surface area contributed by atoms with E-state index >= 15 is 0 Å². The first-order chi connectivity index (χ1) is 7.22. The van der Waals surface area contributed by atoms with Crippen molar-refractivity contribution in [3.63, 3.8) is 0 Å². The summed E-state index contributed by atoms with van der Waals surface area (Å²) >= 11 is 0. The van der Waals surface area contributed by atoms with E-state index < -0.39 is 11.6 Å². The third-order valence-corrected chi connectivity index (χ3v) is 2.22. The molecule has 1 aromatic carbocycles. The van der Waals surface area contributed by atoms with E-state index in [-0.39, 0.29) is 0 Å². The van der Waals surface area contributed by atoms with Crippen LogP contribution in [0.25, 0.3) is 0 Å². The first kappa shape index (κ1) is 12.1. The fourth-order valence-electron chi connectivity index (χ4n) is 1.41. The average Bonchev–Trinajstić information content (AvgIpc) is 2.16. The lowest BCUT2D eigenvalue weighted by atomic mass is 10.1. The van der Waals surface area contributed by atoms with Crippen LogP contribution in [0.4, 0.5) is 8.78 Å². The summed E-state index contributed by atoms with van der Waals surface area (Å²) in [5.74, 6) is -1.00. The van der Waals surface area contributed by atoms with Gasteiger partial charge in [0, 0.05) is 6.07 Å². The monoisotopic (exact) mass is 213 g/mol. The number of unbranched alkanes of at least 4 members (excludes halogenated alkanes) is 1. The minimum atomic E-state index is -0.501. The van der Waals surface area contributed by atoms with Crippen molar-refractivity contribution in [3.05, 3.63) is 35.4 Å². The molecule has 3 heteroatoms. The summed E-state index contributed by atoms with van der Waals surface area (Å²) < 4.78 is 25.6. The van der Waals surface area contributed by atoms with Crippen LogP contribution in [0.2, 0.25) is 0 Å². The summed E-state index contributed by atoms with van der Waals surface area (Å²) in [6.45, 7) is 3.86. The van der Waals surface area contributed by atoms with E-state index in [0.717, 1.165) is 32.0 Å². The summed E-state index contributed by atoms with van der Waals surface area (Å²) in [6.07, 6.45) is 2.96. The van der Waals surface area contributed by atoms with Crippen molar-refractivity contribution < 1.29 is 8.78 Å². The zero-order valence-electron chi connectivity index (χ0n) is 9.02. The molecular weight excluding hydrogens is 196 g/mol. The number of rotatable bonds is 6. The van der Waals surface area contributed by atoms with Crippen molar-refractivity contribution in [1.29, 1.82) is 0 Å². The van der Waals surface area contributed by atoms with Crippen LogP contribution in [-0.2, 0) is 6.42 Å². The van der Waals surface area contributed by atoms with Crippen LogP contribution in [0.5, 0.6) is 0 Å². The quantitative estimate of drug-likeness (QED) is 0.716. The van der Waals surface area contributed by atoms with Gasteiger partial charge in [0.25, 0.3) is 0 Å². The molecule has 0 aliphatic carbocycles. The molecule has 0 aliphatic heterocycles. The van der Waals surface area contributed by atoms with Crippen LogP contribution >= 0.6 is 0 Å². The maximum Gasteiger partial charge on any atom is 0.126 e. The highest BCUT2D eigenvalue weighted by Gasteiger charge is 1.99. The summed E-state index contributed by atoms with van der Waals surface area (Å²) in [4.78, 5) is 0. The molecule has 0 spiro atoms. The van der Waals surface area contributed by atoms with Crippen molar-refractivity contribution in [1.82, 2.24) is 5.32 Å². The second kappa shape index (κ2) is 6.51. The first-order valence-corrected chi connectivity index (χ1v) is 5.38. The number of nitrogens with one attached hydrogen (secondary N) is 1. The molecule has 0 amide bonds. The summed E-state index contributed by atoms with van der Waals surface area (Å²) in [7, 11) is 0. The summed E-state index contributed by atoms with van der Waals surface area (Å²) in [6, 6.07) is 3.66. The highest BCUT2D eigenvalue weighted by molar-refractivity contribution is 5.18. The van der Waals surface area contributed by atoms with Crippen LogP contribution in [0, 0.1) is 11.6 Å². The van der Waals surface area contributed by atoms with Gasteiger partial charge in [-0.2, -0.15) is 0 Å². The Morgan fingerprint density at radius 3 is 2.33 bits per heavy atom. The molecule has 1 nitrogen and oxygen atoms in total. The largest absolute Gasteiger partial charge is 0.316 e. The minimum Gasteiger partial charge on any atom is -0.316 e. The number of hydrogen-bond donors (Lipinski definition) is 1. The highest BCUT2D eigenvalue weighted by atomic mass is 19.1. The number of benzene rings is 1. The van der Waals surface area contributed by atoms with Gasteiger partial charge in [0.05, 0.1) is 0 Å². The normalized spacial score (nSPS) is 10.6. The van der Waals surface area contributed by atoms with E-state index in [1.54, 1.807) is 0 Å².